The fraction of sp³-hybridized carbons (Fsp3) is 1.00. The lowest BCUT2D eigenvalue weighted by molar-refractivity contribution is 0.133. The third-order valence-corrected chi connectivity index (χ3v) is 2.93. The lowest BCUT2D eigenvalue weighted by Crippen LogP contribution is -2.53. The molecular weight excluding hydrogens is 131 g/mol. The first-order valence-electron chi connectivity index (χ1n) is 3.85. The number of alkyl halides is 1. The molecule has 0 aromatic rings. The average Bonchev–Trinajstić information content (AvgIpc) is 2.20. The van der Waals surface area contributed by atoms with E-state index < -0.39 is 11.2 Å². The molecule has 1 saturated carbocycles. The highest BCUT2D eigenvalue weighted by atomic mass is 19.1. The van der Waals surface area contributed by atoms with E-state index in [1.807, 2.05) is 0 Å². The van der Waals surface area contributed by atoms with E-state index in [0.717, 1.165) is 12.8 Å². The van der Waals surface area contributed by atoms with Crippen LogP contribution in [-0.2, 0) is 0 Å². The highest BCUT2D eigenvalue weighted by Crippen LogP contribution is 2.42. The summed E-state index contributed by atoms with van der Waals surface area (Å²) in [6, 6.07) is 0. The fourth-order valence-electron chi connectivity index (χ4n) is 2.15. The molecular formula is C7H13FN2. The third-order valence-electron chi connectivity index (χ3n) is 2.93. The first-order chi connectivity index (χ1) is 4.66. The summed E-state index contributed by atoms with van der Waals surface area (Å²) < 4.78 is 13.7. The van der Waals surface area contributed by atoms with E-state index >= 15 is 0 Å². The van der Waals surface area contributed by atoms with E-state index in [9.17, 15) is 4.39 Å². The Morgan fingerprint density at radius 1 is 1.30 bits per heavy atom. The Morgan fingerprint density at radius 2 is 2.10 bits per heavy atom. The average molecular weight is 144 g/mol. The molecule has 58 valence electrons. The van der Waals surface area contributed by atoms with Crippen LogP contribution in [0, 0.1) is 0 Å². The van der Waals surface area contributed by atoms with Crippen molar-refractivity contribution >= 4 is 0 Å². The number of halogens is 1. The highest BCUT2D eigenvalue weighted by molar-refractivity contribution is 5.15. The molecule has 1 saturated heterocycles. The van der Waals surface area contributed by atoms with Crippen LogP contribution in [0.15, 0.2) is 0 Å². The first-order valence-corrected chi connectivity index (χ1v) is 3.85. The zero-order valence-corrected chi connectivity index (χ0v) is 5.99. The van der Waals surface area contributed by atoms with Crippen molar-refractivity contribution < 1.29 is 4.39 Å². The molecule has 2 aliphatic rings. The molecule has 0 amide bonds. The minimum absolute atomic E-state index is 0.462. The maximum absolute atomic E-state index is 13.7. The van der Waals surface area contributed by atoms with Crippen molar-refractivity contribution in [2.45, 2.75) is 30.5 Å². The van der Waals surface area contributed by atoms with Crippen LogP contribution in [-0.4, -0.2) is 24.3 Å². The minimum Gasteiger partial charge on any atom is -0.321 e. The van der Waals surface area contributed by atoms with Gasteiger partial charge in [-0.1, -0.05) is 0 Å². The van der Waals surface area contributed by atoms with Gasteiger partial charge in [-0.05, 0) is 19.3 Å². The van der Waals surface area contributed by atoms with Crippen molar-refractivity contribution in [3.05, 3.63) is 0 Å². The lowest BCUT2D eigenvalue weighted by Gasteiger charge is -2.28. The smallest absolute Gasteiger partial charge is 0.142 e. The van der Waals surface area contributed by atoms with Gasteiger partial charge >= 0.3 is 0 Å². The maximum Gasteiger partial charge on any atom is 0.142 e. The predicted octanol–water partition coefficient (Wildman–Crippen LogP) is 0.179. The van der Waals surface area contributed by atoms with Gasteiger partial charge in [-0.3, -0.25) is 0 Å². The number of nitrogens with two attached hydrogens (primary N) is 1. The standard InChI is InChI=1S/C7H13FN2/c8-6-2-1-3-7(6,9)5-10-4-6/h10H,1-5,9H2/t6-,7+/m1/s1. The van der Waals surface area contributed by atoms with Crippen molar-refractivity contribution in [1.82, 2.24) is 5.32 Å². The van der Waals surface area contributed by atoms with Gasteiger partial charge in [-0.15, -0.1) is 0 Å². The van der Waals surface area contributed by atoms with Gasteiger partial charge in [-0.2, -0.15) is 0 Å². The first kappa shape index (κ1) is 6.55. The molecule has 1 aliphatic heterocycles. The van der Waals surface area contributed by atoms with Crippen LogP contribution in [0.25, 0.3) is 0 Å². The zero-order valence-electron chi connectivity index (χ0n) is 5.99. The van der Waals surface area contributed by atoms with Crippen LogP contribution >= 0.6 is 0 Å². The normalized spacial score (nSPS) is 53.4. The van der Waals surface area contributed by atoms with Crippen molar-refractivity contribution in [1.29, 1.82) is 0 Å². The van der Waals surface area contributed by atoms with Crippen LogP contribution in [0.3, 0.4) is 0 Å². The summed E-state index contributed by atoms with van der Waals surface area (Å²) in [6.07, 6.45) is 2.45. The van der Waals surface area contributed by atoms with Gasteiger partial charge in [0.2, 0.25) is 0 Å². The zero-order chi connectivity index (χ0) is 7.24. The van der Waals surface area contributed by atoms with Crippen LogP contribution in [0.4, 0.5) is 4.39 Å². The second-order valence-electron chi connectivity index (χ2n) is 3.58. The van der Waals surface area contributed by atoms with Gasteiger partial charge < -0.3 is 11.1 Å². The maximum atomic E-state index is 13.7. The number of nitrogens with one attached hydrogen (secondary N) is 1. The van der Waals surface area contributed by atoms with E-state index in [4.69, 9.17) is 5.73 Å². The Morgan fingerprint density at radius 3 is 2.80 bits per heavy atom. The molecule has 10 heavy (non-hydrogen) atoms. The largest absolute Gasteiger partial charge is 0.321 e. The molecule has 0 bridgehead atoms. The Balaban J connectivity index is 2.30. The van der Waals surface area contributed by atoms with Gasteiger partial charge in [0.25, 0.3) is 0 Å². The van der Waals surface area contributed by atoms with Crippen LogP contribution in [0.5, 0.6) is 0 Å². The lowest BCUT2D eigenvalue weighted by atomic mass is 9.89. The summed E-state index contributed by atoms with van der Waals surface area (Å²) in [7, 11) is 0. The quantitative estimate of drug-likeness (QED) is 0.509. The summed E-state index contributed by atoms with van der Waals surface area (Å²) in [4.78, 5) is 0. The number of hydrogen-bond acceptors (Lipinski definition) is 2. The van der Waals surface area contributed by atoms with Gasteiger partial charge in [-0.25, -0.2) is 4.39 Å². The molecule has 0 unspecified atom stereocenters. The van der Waals surface area contributed by atoms with Gasteiger partial charge in [0, 0.05) is 13.1 Å². The van der Waals surface area contributed by atoms with E-state index in [-0.39, 0.29) is 0 Å². The molecule has 1 heterocycles. The number of hydrogen-bond donors (Lipinski definition) is 2. The molecule has 1 aliphatic carbocycles. The Bertz CT molecular complexity index is 132. The van der Waals surface area contributed by atoms with Crippen LogP contribution < -0.4 is 11.1 Å². The fourth-order valence-corrected chi connectivity index (χ4v) is 2.15. The van der Waals surface area contributed by atoms with Crippen molar-refractivity contribution in [2.75, 3.05) is 13.1 Å². The molecule has 3 heteroatoms. The summed E-state index contributed by atoms with van der Waals surface area (Å²) >= 11 is 0. The molecule has 3 N–H and O–H groups in total. The summed E-state index contributed by atoms with van der Waals surface area (Å²) in [5.41, 5.74) is 4.24. The topological polar surface area (TPSA) is 38.0 Å². The predicted molar refractivity (Wildman–Crippen MR) is 37.5 cm³/mol. The van der Waals surface area contributed by atoms with Crippen LogP contribution in [0.1, 0.15) is 19.3 Å². The molecule has 2 rings (SSSR count). The van der Waals surface area contributed by atoms with Gasteiger partial charge in [0.15, 0.2) is 0 Å². The van der Waals surface area contributed by atoms with E-state index in [1.54, 1.807) is 0 Å². The Labute approximate surface area is 60.0 Å². The molecule has 0 spiro atoms. The summed E-state index contributed by atoms with van der Waals surface area (Å²) in [5.74, 6) is 0. The second kappa shape index (κ2) is 1.71. The highest BCUT2D eigenvalue weighted by Gasteiger charge is 2.56. The van der Waals surface area contributed by atoms with Crippen LogP contribution in [0.2, 0.25) is 0 Å². The second-order valence-corrected chi connectivity index (χ2v) is 3.58. The van der Waals surface area contributed by atoms with Crippen molar-refractivity contribution in [3.63, 3.8) is 0 Å². The van der Waals surface area contributed by atoms with E-state index in [2.05, 4.69) is 5.32 Å². The van der Waals surface area contributed by atoms with Gasteiger partial charge in [0.05, 0.1) is 5.54 Å². The van der Waals surface area contributed by atoms with Gasteiger partial charge in [0.1, 0.15) is 5.67 Å². The Hall–Kier alpha value is -0.150. The summed E-state index contributed by atoms with van der Waals surface area (Å²) in [5, 5.41) is 3.01. The monoisotopic (exact) mass is 144 g/mol. The number of rotatable bonds is 0. The molecule has 2 fully saturated rings. The third kappa shape index (κ3) is 0.596. The number of fused-ring (bicyclic) bond motifs is 1. The molecule has 2 atom stereocenters. The SMILES string of the molecule is N[C@]12CCC[C@@]1(F)CNC2. The summed E-state index contributed by atoms with van der Waals surface area (Å²) in [6.45, 7) is 1.12. The molecule has 0 aromatic heterocycles. The van der Waals surface area contributed by atoms with Crippen molar-refractivity contribution in [2.24, 2.45) is 5.73 Å². The molecule has 2 nitrogen and oxygen atoms in total. The Kier molecular flexibility index (Phi) is 1.12. The van der Waals surface area contributed by atoms with Crippen molar-refractivity contribution in [3.8, 4) is 0 Å². The molecule has 0 aromatic carbocycles. The molecule has 0 radical (unpaired) electrons. The van der Waals surface area contributed by atoms with E-state index in [1.165, 1.54) is 0 Å². The van der Waals surface area contributed by atoms with E-state index in [0.29, 0.717) is 19.5 Å². The minimum atomic E-state index is -1.09.